The van der Waals surface area contributed by atoms with Crippen molar-refractivity contribution in [2.75, 3.05) is 26.7 Å². The van der Waals surface area contributed by atoms with Gasteiger partial charge in [0.2, 0.25) is 0 Å². The minimum atomic E-state index is -0.211. The van der Waals surface area contributed by atoms with E-state index < -0.39 is 0 Å². The molecule has 0 bridgehead atoms. The van der Waals surface area contributed by atoms with Crippen LogP contribution in [0.1, 0.15) is 25.3 Å². The normalized spacial score (nSPS) is 16.1. The Bertz CT molecular complexity index is 511. The van der Waals surface area contributed by atoms with Crippen LogP contribution in [0.4, 0.5) is 4.79 Å². The molecule has 2 rings (SSSR count). The van der Waals surface area contributed by atoms with Crippen molar-refractivity contribution in [1.29, 1.82) is 0 Å². The molecule has 1 aromatic rings. The molecule has 126 valence electrons. The summed E-state index contributed by atoms with van der Waals surface area (Å²) in [6.45, 7) is 4.42. The molecule has 23 heavy (non-hydrogen) atoms. The molecule has 6 heteroatoms. The van der Waals surface area contributed by atoms with Gasteiger partial charge >= 0.3 is 6.09 Å². The average Bonchev–Trinajstić information content (AvgIpc) is 2.60. The van der Waals surface area contributed by atoms with Gasteiger partial charge in [0.05, 0.1) is 6.61 Å². The van der Waals surface area contributed by atoms with Crippen LogP contribution in [0.25, 0.3) is 0 Å². The van der Waals surface area contributed by atoms with E-state index in [1.165, 1.54) is 5.56 Å². The van der Waals surface area contributed by atoms with Crippen molar-refractivity contribution >= 4 is 12.1 Å². The predicted octanol–water partition coefficient (Wildman–Crippen LogP) is 1.97. The van der Waals surface area contributed by atoms with Crippen molar-refractivity contribution in [2.45, 2.75) is 32.4 Å². The van der Waals surface area contributed by atoms with Gasteiger partial charge in [-0.1, -0.05) is 30.3 Å². The Morgan fingerprint density at radius 3 is 2.61 bits per heavy atom. The van der Waals surface area contributed by atoms with Crippen molar-refractivity contribution in [2.24, 2.45) is 4.99 Å². The molecule has 1 fully saturated rings. The van der Waals surface area contributed by atoms with Crippen LogP contribution in [0.2, 0.25) is 0 Å². The number of hydrogen-bond acceptors (Lipinski definition) is 3. The molecule has 1 aromatic carbocycles. The number of amides is 1. The molecule has 0 unspecified atom stereocenters. The van der Waals surface area contributed by atoms with Crippen LogP contribution in [0.15, 0.2) is 35.3 Å². The number of piperidine rings is 1. The molecule has 0 radical (unpaired) electrons. The third kappa shape index (κ3) is 5.47. The summed E-state index contributed by atoms with van der Waals surface area (Å²) < 4.78 is 5.04. The van der Waals surface area contributed by atoms with Crippen LogP contribution in [-0.4, -0.2) is 49.7 Å². The second-order valence-electron chi connectivity index (χ2n) is 5.52. The number of benzene rings is 1. The summed E-state index contributed by atoms with van der Waals surface area (Å²) in [4.78, 5) is 17.7. The molecule has 0 saturated carbocycles. The van der Waals surface area contributed by atoms with Gasteiger partial charge in [0.25, 0.3) is 0 Å². The Labute approximate surface area is 137 Å². The highest BCUT2D eigenvalue weighted by atomic mass is 16.6. The molecule has 1 heterocycles. The van der Waals surface area contributed by atoms with Crippen LogP contribution < -0.4 is 10.6 Å². The molecule has 0 atom stereocenters. The molecule has 1 aliphatic heterocycles. The van der Waals surface area contributed by atoms with Crippen molar-refractivity contribution < 1.29 is 9.53 Å². The quantitative estimate of drug-likeness (QED) is 0.658. The second kappa shape index (κ2) is 9.02. The SMILES string of the molecule is CCOC(=O)N1CCC(NC(=NC)NCc2ccccc2)CC1. The fourth-order valence-electron chi connectivity index (χ4n) is 2.59. The fourth-order valence-corrected chi connectivity index (χ4v) is 2.59. The van der Waals surface area contributed by atoms with Gasteiger partial charge < -0.3 is 20.3 Å². The van der Waals surface area contributed by atoms with Crippen LogP contribution in [0.5, 0.6) is 0 Å². The van der Waals surface area contributed by atoms with Gasteiger partial charge in [-0.15, -0.1) is 0 Å². The minimum Gasteiger partial charge on any atom is -0.450 e. The molecule has 6 nitrogen and oxygen atoms in total. The number of guanidine groups is 1. The zero-order valence-electron chi connectivity index (χ0n) is 13.9. The van der Waals surface area contributed by atoms with E-state index in [1.807, 2.05) is 25.1 Å². The second-order valence-corrected chi connectivity index (χ2v) is 5.52. The lowest BCUT2D eigenvalue weighted by Crippen LogP contribution is -2.49. The maximum absolute atomic E-state index is 11.7. The third-order valence-corrected chi connectivity index (χ3v) is 3.89. The predicted molar refractivity (Wildman–Crippen MR) is 91.4 cm³/mol. The number of nitrogens with one attached hydrogen (secondary N) is 2. The highest BCUT2D eigenvalue weighted by Gasteiger charge is 2.23. The molecular formula is C17H26N4O2. The lowest BCUT2D eigenvalue weighted by molar-refractivity contribution is 0.0963. The maximum Gasteiger partial charge on any atom is 0.409 e. The van der Waals surface area contributed by atoms with Crippen molar-refractivity contribution in [3.63, 3.8) is 0 Å². The number of rotatable bonds is 4. The smallest absolute Gasteiger partial charge is 0.409 e. The van der Waals surface area contributed by atoms with Gasteiger partial charge in [-0.3, -0.25) is 4.99 Å². The molecule has 2 N–H and O–H groups in total. The summed E-state index contributed by atoms with van der Waals surface area (Å²) in [5.41, 5.74) is 1.22. The van der Waals surface area contributed by atoms with Gasteiger partial charge in [0.15, 0.2) is 5.96 Å². The molecule has 1 amide bonds. The number of hydrogen-bond donors (Lipinski definition) is 2. The number of ether oxygens (including phenoxy) is 1. The fraction of sp³-hybridized carbons (Fsp3) is 0.529. The molecule has 0 aliphatic carbocycles. The summed E-state index contributed by atoms with van der Waals surface area (Å²) in [6.07, 6.45) is 1.58. The average molecular weight is 318 g/mol. The van der Waals surface area contributed by atoms with Gasteiger partial charge in [-0.05, 0) is 25.3 Å². The van der Waals surface area contributed by atoms with E-state index in [9.17, 15) is 4.79 Å². The number of carbonyl (C=O) groups is 1. The molecule has 1 saturated heterocycles. The van der Waals surface area contributed by atoms with E-state index in [0.717, 1.165) is 25.3 Å². The third-order valence-electron chi connectivity index (χ3n) is 3.89. The van der Waals surface area contributed by atoms with E-state index in [0.29, 0.717) is 25.7 Å². The standard InChI is InChI=1S/C17H26N4O2/c1-3-23-17(22)21-11-9-15(10-12-21)20-16(18-2)19-13-14-7-5-4-6-8-14/h4-8,15H,3,9-13H2,1-2H3,(H2,18,19,20). The van der Waals surface area contributed by atoms with Crippen LogP contribution in [-0.2, 0) is 11.3 Å². The van der Waals surface area contributed by atoms with E-state index >= 15 is 0 Å². The zero-order valence-corrected chi connectivity index (χ0v) is 13.9. The Kier molecular flexibility index (Phi) is 6.72. The minimum absolute atomic E-state index is 0.211. The van der Waals surface area contributed by atoms with Crippen molar-refractivity contribution in [1.82, 2.24) is 15.5 Å². The Hall–Kier alpha value is -2.24. The highest BCUT2D eigenvalue weighted by molar-refractivity contribution is 5.80. The Morgan fingerprint density at radius 2 is 2.00 bits per heavy atom. The Balaban J connectivity index is 1.74. The first-order chi connectivity index (χ1) is 11.2. The summed E-state index contributed by atoms with van der Waals surface area (Å²) in [5, 5.41) is 6.75. The number of nitrogens with zero attached hydrogens (tertiary/aromatic N) is 2. The van der Waals surface area contributed by atoms with Gasteiger partial charge in [-0.2, -0.15) is 0 Å². The number of likely N-dealkylation sites (tertiary alicyclic amines) is 1. The summed E-state index contributed by atoms with van der Waals surface area (Å²) in [7, 11) is 1.77. The first-order valence-corrected chi connectivity index (χ1v) is 8.15. The number of carbonyl (C=O) groups excluding carboxylic acids is 1. The van der Waals surface area contributed by atoms with Crippen molar-refractivity contribution in [3.8, 4) is 0 Å². The summed E-state index contributed by atoms with van der Waals surface area (Å²) in [5.74, 6) is 0.795. The van der Waals surface area contributed by atoms with Crippen LogP contribution >= 0.6 is 0 Å². The van der Waals surface area contributed by atoms with E-state index in [2.05, 4.69) is 27.8 Å². The lowest BCUT2D eigenvalue weighted by atomic mass is 10.1. The summed E-state index contributed by atoms with van der Waals surface area (Å²) in [6, 6.07) is 10.5. The highest BCUT2D eigenvalue weighted by Crippen LogP contribution is 2.11. The topological polar surface area (TPSA) is 66.0 Å². The first-order valence-electron chi connectivity index (χ1n) is 8.15. The number of aliphatic imine (C=N–C) groups is 1. The van der Waals surface area contributed by atoms with E-state index in [1.54, 1.807) is 11.9 Å². The molecule has 0 aromatic heterocycles. The maximum atomic E-state index is 11.7. The van der Waals surface area contributed by atoms with E-state index in [4.69, 9.17) is 4.74 Å². The molecular weight excluding hydrogens is 292 g/mol. The zero-order chi connectivity index (χ0) is 16.5. The van der Waals surface area contributed by atoms with Gasteiger partial charge in [-0.25, -0.2) is 4.79 Å². The monoisotopic (exact) mass is 318 g/mol. The van der Waals surface area contributed by atoms with Crippen LogP contribution in [0.3, 0.4) is 0 Å². The van der Waals surface area contributed by atoms with Gasteiger partial charge in [0, 0.05) is 32.7 Å². The van der Waals surface area contributed by atoms with Crippen LogP contribution in [0, 0.1) is 0 Å². The lowest BCUT2D eigenvalue weighted by Gasteiger charge is -2.32. The van der Waals surface area contributed by atoms with Gasteiger partial charge in [0.1, 0.15) is 0 Å². The van der Waals surface area contributed by atoms with Crippen molar-refractivity contribution in [3.05, 3.63) is 35.9 Å². The largest absolute Gasteiger partial charge is 0.450 e. The summed E-state index contributed by atoms with van der Waals surface area (Å²) >= 11 is 0. The molecule has 1 aliphatic rings. The van der Waals surface area contributed by atoms with E-state index in [-0.39, 0.29) is 6.09 Å². The molecule has 0 spiro atoms. The first kappa shape index (κ1) is 17.1. The Morgan fingerprint density at radius 1 is 1.30 bits per heavy atom.